The lowest BCUT2D eigenvalue weighted by atomic mass is 10.0. The van der Waals surface area contributed by atoms with E-state index in [4.69, 9.17) is 4.74 Å². The topological polar surface area (TPSA) is 9.23 Å². The molecule has 0 amide bonds. The van der Waals surface area contributed by atoms with Gasteiger partial charge < -0.3 is 4.74 Å². The first-order valence-electron chi connectivity index (χ1n) is 4.84. The fourth-order valence-electron chi connectivity index (χ4n) is 1.40. The summed E-state index contributed by atoms with van der Waals surface area (Å²) < 4.78 is 67.9. The molecule has 0 bridgehead atoms. The van der Waals surface area contributed by atoms with Gasteiger partial charge in [-0.1, -0.05) is 22.0 Å². The van der Waals surface area contributed by atoms with Gasteiger partial charge in [0.1, 0.15) is 10.6 Å². The lowest BCUT2D eigenvalue weighted by molar-refractivity contribution is -0.281. The Morgan fingerprint density at radius 1 is 1.17 bits per heavy atom. The van der Waals surface area contributed by atoms with Crippen LogP contribution in [0.4, 0.5) is 22.0 Å². The minimum Gasteiger partial charge on any atom is -0.497 e. The molecular formula is C11H10BrF5O. The Hall–Kier alpha value is -0.850. The molecule has 0 fully saturated rings. The Bertz CT molecular complexity index is 430. The van der Waals surface area contributed by atoms with Crippen molar-refractivity contribution in [2.45, 2.75) is 23.8 Å². The largest absolute Gasteiger partial charge is 0.497 e. The predicted octanol–water partition coefficient (Wildman–Crippen LogP) is 4.64. The van der Waals surface area contributed by atoms with E-state index in [2.05, 4.69) is 15.9 Å². The molecule has 102 valence electrons. The number of benzene rings is 1. The third-order valence-electron chi connectivity index (χ3n) is 2.45. The average Bonchev–Trinajstić information content (AvgIpc) is 2.26. The van der Waals surface area contributed by atoms with Gasteiger partial charge in [-0.25, -0.2) is 0 Å². The van der Waals surface area contributed by atoms with E-state index < -0.39 is 16.9 Å². The number of aryl methyl sites for hydroxylation is 1. The van der Waals surface area contributed by atoms with Gasteiger partial charge >= 0.3 is 12.1 Å². The number of methoxy groups -OCH3 is 1. The lowest BCUT2D eigenvalue weighted by Gasteiger charge is -2.26. The van der Waals surface area contributed by atoms with Crippen LogP contribution in [-0.4, -0.2) is 19.2 Å². The van der Waals surface area contributed by atoms with Gasteiger partial charge in [0.2, 0.25) is 0 Å². The standard InChI is InChI=1S/C11H10BrF5O/c1-6-5-7(18-2)3-4-8(6)9(12)10(13,14)11(15,16)17/h3-5,9H,1-2H3. The molecule has 0 radical (unpaired) electrons. The van der Waals surface area contributed by atoms with E-state index in [-0.39, 0.29) is 5.56 Å². The van der Waals surface area contributed by atoms with Crippen LogP contribution in [0.15, 0.2) is 18.2 Å². The zero-order valence-corrected chi connectivity index (χ0v) is 11.1. The summed E-state index contributed by atoms with van der Waals surface area (Å²) in [5, 5.41) is 0. The molecule has 7 heteroatoms. The van der Waals surface area contributed by atoms with E-state index in [1.54, 1.807) is 0 Å². The molecule has 0 spiro atoms. The summed E-state index contributed by atoms with van der Waals surface area (Å²) >= 11 is 2.43. The molecule has 1 atom stereocenters. The molecule has 0 aromatic heterocycles. The monoisotopic (exact) mass is 332 g/mol. The molecular weight excluding hydrogens is 323 g/mol. The Morgan fingerprint density at radius 2 is 1.72 bits per heavy atom. The van der Waals surface area contributed by atoms with Gasteiger partial charge in [-0.05, 0) is 30.2 Å². The molecule has 0 N–H and O–H groups in total. The van der Waals surface area contributed by atoms with Gasteiger partial charge in [0.25, 0.3) is 0 Å². The van der Waals surface area contributed by atoms with Crippen LogP contribution in [0.1, 0.15) is 16.0 Å². The van der Waals surface area contributed by atoms with Crippen molar-refractivity contribution in [3.63, 3.8) is 0 Å². The van der Waals surface area contributed by atoms with Crippen LogP contribution in [0.2, 0.25) is 0 Å². The highest BCUT2D eigenvalue weighted by Crippen LogP contribution is 2.49. The Kier molecular flexibility index (Phi) is 4.25. The minimum atomic E-state index is -5.60. The van der Waals surface area contributed by atoms with Gasteiger partial charge in [-0.15, -0.1) is 0 Å². The van der Waals surface area contributed by atoms with Crippen molar-refractivity contribution in [1.29, 1.82) is 0 Å². The van der Waals surface area contributed by atoms with Crippen molar-refractivity contribution in [2.75, 3.05) is 7.11 Å². The fourth-order valence-corrected chi connectivity index (χ4v) is 2.17. The van der Waals surface area contributed by atoms with Crippen LogP contribution in [0.3, 0.4) is 0 Å². The summed E-state index contributed by atoms with van der Waals surface area (Å²) in [6, 6.07) is 3.92. The lowest BCUT2D eigenvalue weighted by Crippen LogP contribution is -2.40. The van der Waals surface area contributed by atoms with Crippen molar-refractivity contribution >= 4 is 15.9 Å². The second-order valence-electron chi connectivity index (χ2n) is 3.71. The van der Waals surface area contributed by atoms with Gasteiger partial charge in [0.15, 0.2) is 0 Å². The number of hydrogen-bond acceptors (Lipinski definition) is 1. The molecule has 18 heavy (non-hydrogen) atoms. The van der Waals surface area contributed by atoms with Crippen molar-refractivity contribution in [1.82, 2.24) is 0 Å². The second kappa shape index (κ2) is 5.03. The second-order valence-corrected chi connectivity index (χ2v) is 4.62. The summed E-state index contributed by atoms with van der Waals surface area (Å²) in [6.45, 7) is 1.44. The molecule has 1 aromatic carbocycles. The van der Waals surface area contributed by atoms with E-state index in [1.807, 2.05) is 0 Å². The highest BCUT2D eigenvalue weighted by Gasteiger charge is 2.62. The average molecular weight is 333 g/mol. The van der Waals surface area contributed by atoms with Crippen molar-refractivity contribution in [3.8, 4) is 5.75 Å². The number of hydrogen-bond donors (Lipinski definition) is 0. The summed E-state index contributed by atoms with van der Waals surface area (Å²) in [6.07, 6.45) is -5.60. The first-order chi connectivity index (χ1) is 8.11. The quantitative estimate of drug-likeness (QED) is 0.579. The third kappa shape index (κ3) is 2.76. The maximum absolute atomic E-state index is 13.2. The normalized spacial score (nSPS) is 14.4. The number of rotatable bonds is 3. The molecule has 1 rings (SSSR count). The molecule has 1 unspecified atom stereocenters. The van der Waals surface area contributed by atoms with E-state index in [9.17, 15) is 22.0 Å². The maximum atomic E-state index is 13.2. The van der Waals surface area contributed by atoms with Crippen LogP contribution in [0.25, 0.3) is 0 Å². The summed E-state index contributed by atoms with van der Waals surface area (Å²) in [5.41, 5.74) is 0.165. The highest BCUT2D eigenvalue weighted by molar-refractivity contribution is 9.09. The third-order valence-corrected chi connectivity index (χ3v) is 3.51. The zero-order valence-electron chi connectivity index (χ0n) is 9.49. The van der Waals surface area contributed by atoms with Crippen molar-refractivity contribution in [3.05, 3.63) is 29.3 Å². The molecule has 1 nitrogen and oxygen atoms in total. The molecule has 0 aliphatic heterocycles. The van der Waals surface area contributed by atoms with Crippen LogP contribution < -0.4 is 4.74 Å². The molecule has 0 saturated carbocycles. The fraction of sp³-hybridized carbons (Fsp3) is 0.455. The van der Waals surface area contributed by atoms with E-state index in [0.717, 1.165) is 0 Å². The zero-order chi connectivity index (χ0) is 14.1. The van der Waals surface area contributed by atoms with Gasteiger partial charge in [-0.2, -0.15) is 22.0 Å². The predicted molar refractivity (Wildman–Crippen MR) is 60.4 cm³/mol. The highest BCUT2D eigenvalue weighted by atomic mass is 79.9. The van der Waals surface area contributed by atoms with Crippen LogP contribution in [0.5, 0.6) is 5.75 Å². The summed E-state index contributed by atoms with van der Waals surface area (Å²) in [7, 11) is 1.38. The molecule has 0 aliphatic carbocycles. The first-order valence-corrected chi connectivity index (χ1v) is 5.76. The van der Waals surface area contributed by atoms with Gasteiger partial charge in [0.05, 0.1) is 7.11 Å². The van der Waals surface area contributed by atoms with Crippen LogP contribution in [-0.2, 0) is 0 Å². The molecule has 0 aliphatic rings. The van der Waals surface area contributed by atoms with Gasteiger partial charge in [-0.3, -0.25) is 0 Å². The van der Waals surface area contributed by atoms with Crippen LogP contribution in [0, 0.1) is 6.92 Å². The molecule has 1 aromatic rings. The Labute approximate surface area is 109 Å². The van der Waals surface area contributed by atoms with Crippen molar-refractivity contribution in [2.24, 2.45) is 0 Å². The summed E-state index contributed by atoms with van der Waals surface area (Å²) in [4.78, 5) is -2.13. The van der Waals surface area contributed by atoms with E-state index >= 15 is 0 Å². The molecule has 0 saturated heterocycles. The first kappa shape index (κ1) is 15.2. The Morgan fingerprint density at radius 3 is 2.11 bits per heavy atom. The van der Waals surface area contributed by atoms with Crippen molar-refractivity contribution < 1.29 is 26.7 Å². The SMILES string of the molecule is COc1ccc(C(Br)C(F)(F)C(F)(F)F)c(C)c1. The number of halogens is 6. The van der Waals surface area contributed by atoms with E-state index in [0.29, 0.717) is 11.3 Å². The minimum absolute atomic E-state index is 0.127. The van der Waals surface area contributed by atoms with E-state index in [1.165, 1.54) is 32.2 Å². The molecule has 0 heterocycles. The number of ether oxygens (including phenoxy) is 1. The van der Waals surface area contributed by atoms with Gasteiger partial charge in [0, 0.05) is 0 Å². The Balaban J connectivity index is 3.15. The summed E-state index contributed by atoms with van der Waals surface area (Å²) in [5.74, 6) is -4.45. The van der Waals surface area contributed by atoms with Crippen LogP contribution >= 0.6 is 15.9 Å². The number of alkyl halides is 6. The smallest absolute Gasteiger partial charge is 0.454 e. The maximum Gasteiger partial charge on any atom is 0.454 e.